The molecule has 2 aromatic rings. The van der Waals surface area contributed by atoms with Crippen molar-refractivity contribution < 1.29 is 38.1 Å². The molecule has 12 heteroatoms. The summed E-state index contributed by atoms with van der Waals surface area (Å²) in [6.45, 7) is 11.5. The summed E-state index contributed by atoms with van der Waals surface area (Å²) in [6, 6.07) is 12.5. The van der Waals surface area contributed by atoms with Crippen molar-refractivity contribution in [2.24, 2.45) is 0 Å². The summed E-state index contributed by atoms with van der Waals surface area (Å²) >= 11 is 0. The van der Waals surface area contributed by atoms with Gasteiger partial charge in [-0.05, 0) is 101 Å². The van der Waals surface area contributed by atoms with Gasteiger partial charge < -0.3 is 34.5 Å². The van der Waals surface area contributed by atoms with Crippen LogP contribution in [0, 0.1) is 0 Å². The van der Waals surface area contributed by atoms with Crippen LogP contribution in [0.15, 0.2) is 42.5 Å². The van der Waals surface area contributed by atoms with Crippen LogP contribution >= 0.6 is 0 Å². The summed E-state index contributed by atoms with van der Waals surface area (Å²) in [5, 5.41) is 8.51. The van der Waals surface area contributed by atoms with Gasteiger partial charge in [0.15, 0.2) is 0 Å². The number of carbonyl (C=O) groups excluding carboxylic acids is 4. The Morgan fingerprint density at radius 3 is 2.48 bits per heavy atom. The van der Waals surface area contributed by atoms with Gasteiger partial charge in [-0.1, -0.05) is 12.1 Å². The minimum atomic E-state index is -0.612. The van der Waals surface area contributed by atoms with E-state index in [2.05, 4.69) is 16.0 Å². The predicted molar refractivity (Wildman–Crippen MR) is 181 cm³/mol. The Balaban J connectivity index is 0.985. The van der Waals surface area contributed by atoms with Crippen LogP contribution in [0.3, 0.4) is 0 Å². The third kappa shape index (κ3) is 11.5. The van der Waals surface area contributed by atoms with Crippen LogP contribution in [0.5, 0.6) is 5.75 Å². The highest BCUT2D eigenvalue weighted by Gasteiger charge is 2.39. The Hall–Kier alpha value is -4.16. The molecule has 48 heavy (non-hydrogen) atoms. The highest BCUT2D eigenvalue weighted by molar-refractivity contribution is 6.05. The molecule has 262 valence electrons. The second-order valence-corrected chi connectivity index (χ2v) is 13.1. The maximum absolute atomic E-state index is 12.8. The fourth-order valence-corrected chi connectivity index (χ4v) is 5.53. The monoisotopic (exact) mass is 666 g/mol. The maximum Gasteiger partial charge on any atom is 0.408 e. The summed E-state index contributed by atoms with van der Waals surface area (Å²) in [5.74, 6) is -0.0973. The topological polar surface area (TPSA) is 145 Å². The molecule has 2 heterocycles. The third-order valence-corrected chi connectivity index (χ3v) is 7.97. The molecular weight excluding hydrogens is 616 g/mol. The number of carbonyl (C=O) groups is 4. The smallest absolute Gasteiger partial charge is 0.408 e. The number of anilines is 1. The van der Waals surface area contributed by atoms with E-state index in [1.165, 1.54) is 0 Å². The molecule has 4 amide bonds. The van der Waals surface area contributed by atoms with Gasteiger partial charge in [-0.25, -0.2) is 4.79 Å². The van der Waals surface area contributed by atoms with Gasteiger partial charge in [-0.3, -0.25) is 19.7 Å². The molecule has 1 unspecified atom stereocenters. The number of imide groups is 1. The number of benzene rings is 2. The number of amides is 4. The lowest BCUT2D eigenvalue weighted by molar-refractivity contribution is -0.136. The number of fused-ring (bicyclic) bond motifs is 1. The molecule has 12 nitrogen and oxygen atoms in total. The van der Waals surface area contributed by atoms with Crippen molar-refractivity contribution in [3.63, 3.8) is 0 Å². The molecule has 0 saturated carbocycles. The van der Waals surface area contributed by atoms with Crippen molar-refractivity contribution in [2.45, 2.75) is 90.4 Å². The van der Waals surface area contributed by atoms with E-state index in [0.717, 1.165) is 48.2 Å². The highest BCUT2D eigenvalue weighted by Crippen LogP contribution is 2.29. The van der Waals surface area contributed by atoms with E-state index in [4.69, 9.17) is 18.9 Å². The van der Waals surface area contributed by atoms with Crippen molar-refractivity contribution in [1.82, 2.24) is 15.5 Å². The third-order valence-electron chi connectivity index (χ3n) is 7.97. The summed E-state index contributed by atoms with van der Waals surface area (Å²) in [7, 11) is 0. The van der Waals surface area contributed by atoms with E-state index < -0.39 is 23.6 Å². The fraction of sp³-hybridized carbons (Fsp3) is 0.556. The Bertz CT molecular complexity index is 1410. The second kappa shape index (κ2) is 17.8. The van der Waals surface area contributed by atoms with Crippen LogP contribution in [-0.2, 0) is 30.3 Å². The molecule has 0 aromatic heterocycles. The van der Waals surface area contributed by atoms with Gasteiger partial charge in [0.2, 0.25) is 11.8 Å². The number of hydrogen-bond donors (Lipinski definition) is 3. The Morgan fingerprint density at radius 2 is 1.71 bits per heavy atom. The fourth-order valence-electron chi connectivity index (χ4n) is 5.53. The van der Waals surface area contributed by atoms with E-state index in [1.807, 2.05) is 64.1 Å². The quantitative estimate of drug-likeness (QED) is 0.146. The van der Waals surface area contributed by atoms with E-state index >= 15 is 0 Å². The van der Waals surface area contributed by atoms with E-state index in [1.54, 1.807) is 11.0 Å². The van der Waals surface area contributed by atoms with Crippen molar-refractivity contribution in [1.29, 1.82) is 0 Å². The first kappa shape index (κ1) is 36.7. The van der Waals surface area contributed by atoms with Crippen molar-refractivity contribution in [3.05, 3.63) is 59.2 Å². The largest absolute Gasteiger partial charge is 0.494 e. The standard InChI is InChI=1S/C36H50N4O8/c1-25(38-35(44)48-36(2,3)4)26-10-8-11-29(23-26)47-20-7-5-6-17-45-18-9-19-46-21-16-37-28-12-13-30-27(22-28)24-40(34(30)43)31-14-15-32(41)39-33(31)42/h8,10-13,22-23,25,31,37H,5-7,9,14-21,24H2,1-4H3,(H,38,44)(H,39,41,42)/t25-,31?/m1/s1. The Labute approximate surface area is 283 Å². The molecule has 3 N–H and O–H groups in total. The lowest BCUT2D eigenvalue weighted by Crippen LogP contribution is -2.52. The zero-order chi connectivity index (χ0) is 34.5. The number of nitrogens with zero attached hydrogens (tertiary/aromatic N) is 1. The molecule has 0 bridgehead atoms. The highest BCUT2D eigenvalue weighted by atomic mass is 16.6. The zero-order valence-electron chi connectivity index (χ0n) is 28.6. The minimum Gasteiger partial charge on any atom is -0.494 e. The lowest BCUT2D eigenvalue weighted by atomic mass is 10.0. The lowest BCUT2D eigenvalue weighted by Gasteiger charge is -2.29. The van der Waals surface area contributed by atoms with Gasteiger partial charge >= 0.3 is 6.09 Å². The molecule has 1 saturated heterocycles. The normalized spacial score (nSPS) is 16.7. The number of ether oxygens (including phenoxy) is 4. The second-order valence-electron chi connectivity index (χ2n) is 13.1. The summed E-state index contributed by atoms with van der Waals surface area (Å²) < 4.78 is 22.7. The summed E-state index contributed by atoms with van der Waals surface area (Å²) in [6.07, 6.45) is 3.85. The number of unbranched alkanes of at least 4 members (excludes halogenated alkanes) is 2. The first-order valence-electron chi connectivity index (χ1n) is 16.9. The summed E-state index contributed by atoms with van der Waals surface area (Å²) in [5.41, 5.74) is 2.76. The van der Waals surface area contributed by atoms with Crippen LogP contribution in [0.25, 0.3) is 0 Å². The molecule has 2 aliphatic rings. The van der Waals surface area contributed by atoms with Crippen molar-refractivity contribution in [2.75, 3.05) is 44.9 Å². The first-order chi connectivity index (χ1) is 23.0. The van der Waals surface area contributed by atoms with Gasteiger partial charge in [0.1, 0.15) is 17.4 Å². The van der Waals surface area contributed by atoms with E-state index in [-0.39, 0.29) is 24.3 Å². The Kier molecular flexibility index (Phi) is 13.6. The van der Waals surface area contributed by atoms with E-state index in [9.17, 15) is 19.2 Å². The maximum atomic E-state index is 12.8. The average Bonchev–Trinajstić information content (AvgIpc) is 3.35. The number of alkyl carbamates (subject to hydrolysis) is 1. The van der Waals surface area contributed by atoms with Gasteiger partial charge in [0, 0.05) is 50.6 Å². The SMILES string of the molecule is C[C@@H](NC(=O)OC(C)(C)C)c1cccc(OCCCCCOCCCOCCNc2ccc3c(c2)CN(C2CCC(=O)NC2=O)C3=O)c1. The number of rotatable bonds is 18. The molecule has 4 rings (SSSR count). The van der Waals surface area contributed by atoms with Crippen molar-refractivity contribution in [3.8, 4) is 5.75 Å². The Morgan fingerprint density at radius 1 is 0.958 bits per heavy atom. The van der Waals surface area contributed by atoms with Crippen LogP contribution in [0.2, 0.25) is 0 Å². The molecule has 0 radical (unpaired) electrons. The van der Waals surface area contributed by atoms with E-state index in [0.29, 0.717) is 58.1 Å². The molecule has 0 aliphatic carbocycles. The predicted octanol–water partition coefficient (Wildman–Crippen LogP) is 5.12. The minimum absolute atomic E-state index is 0.175. The van der Waals surface area contributed by atoms with Crippen molar-refractivity contribution >= 4 is 29.5 Å². The molecule has 0 spiro atoms. The number of nitrogens with one attached hydrogen (secondary N) is 3. The van der Waals surface area contributed by atoms with Crippen LogP contribution in [-0.4, -0.2) is 79.9 Å². The van der Waals surface area contributed by atoms with Gasteiger partial charge in [0.05, 0.1) is 19.3 Å². The van der Waals surface area contributed by atoms with Gasteiger partial charge in [0.25, 0.3) is 5.91 Å². The molecule has 1 fully saturated rings. The molecular formula is C36H50N4O8. The van der Waals surface area contributed by atoms with Gasteiger partial charge in [-0.15, -0.1) is 0 Å². The molecule has 2 aromatic carbocycles. The van der Waals surface area contributed by atoms with Crippen LogP contribution < -0.4 is 20.7 Å². The average molecular weight is 667 g/mol. The summed E-state index contributed by atoms with van der Waals surface area (Å²) in [4.78, 5) is 50.2. The molecule has 2 atom stereocenters. The number of piperidine rings is 1. The van der Waals surface area contributed by atoms with Gasteiger partial charge in [-0.2, -0.15) is 0 Å². The first-order valence-corrected chi connectivity index (χ1v) is 16.9. The molecule has 2 aliphatic heterocycles. The number of hydrogen-bond acceptors (Lipinski definition) is 9. The van der Waals surface area contributed by atoms with Crippen LogP contribution in [0.4, 0.5) is 10.5 Å². The zero-order valence-corrected chi connectivity index (χ0v) is 28.6. The van der Waals surface area contributed by atoms with Crippen LogP contribution in [0.1, 0.15) is 93.7 Å².